The Balaban J connectivity index is 2.73. The molecule has 1 rings (SSSR count). The molecule has 0 fully saturated rings. The van der Waals surface area contributed by atoms with Gasteiger partial charge in [0.1, 0.15) is 5.69 Å². The zero-order chi connectivity index (χ0) is 13.8. The van der Waals surface area contributed by atoms with Crippen molar-refractivity contribution in [1.82, 2.24) is 10.3 Å². The Hall–Kier alpha value is -1.47. The van der Waals surface area contributed by atoms with Crippen molar-refractivity contribution in [3.63, 3.8) is 0 Å². The van der Waals surface area contributed by atoms with E-state index in [0.29, 0.717) is 11.6 Å². The minimum absolute atomic E-state index is 0.141. The highest BCUT2D eigenvalue weighted by atomic mass is 32.1. The number of amides is 2. The number of aromatic nitrogens is 1. The molecule has 0 aromatic carbocycles. The Labute approximate surface area is 109 Å². The van der Waals surface area contributed by atoms with Gasteiger partial charge in [-0.25, -0.2) is 4.98 Å². The molecule has 0 radical (unpaired) electrons. The zero-order valence-electron chi connectivity index (χ0n) is 10.6. The number of nitrogens with one attached hydrogen (secondary N) is 2. The van der Waals surface area contributed by atoms with Crippen LogP contribution in [0.15, 0.2) is 5.38 Å². The van der Waals surface area contributed by atoms with Crippen LogP contribution in [0.4, 0.5) is 5.13 Å². The normalized spacial score (nSPS) is 13.8. The maximum Gasteiger partial charge on any atom is 0.271 e. The number of carbonyl (C=O) groups excluding carboxylic acids is 2. The van der Waals surface area contributed by atoms with Gasteiger partial charge in [0, 0.05) is 12.3 Å². The molecule has 0 spiro atoms. The molecule has 0 bridgehead atoms. The van der Waals surface area contributed by atoms with Crippen LogP contribution in [-0.2, 0) is 4.79 Å². The number of hydrogen-bond donors (Lipinski definition) is 3. The van der Waals surface area contributed by atoms with Crippen LogP contribution in [0.2, 0.25) is 0 Å². The highest BCUT2D eigenvalue weighted by Crippen LogP contribution is 2.16. The fourth-order valence-electron chi connectivity index (χ4n) is 1.16. The van der Waals surface area contributed by atoms with Crippen molar-refractivity contribution in [3.8, 4) is 0 Å². The fourth-order valence-corrected chi connectivity index (χ4v) is 1.90. The van der Waals surface area contributed by atoms with Gasteiger partial charge >= 0.3 is 0 Å². The smallest absolute Gasteiger partial charge is 0.271 e. The fraction of sp³-hybridized carbons (Fsp3) is 0.545. The van der Waals surface area contributed by atoms with Crippen molar-refractivity contribution in [1.29, 1.82) is 0 Å². The molecule has 0 saturated carbocycles. The lowest BCUT2D eigenvalue weighted by Gasteiger charge is -2.26. The number of hydrogen-bond acceptors (Lipinski definition) is 5. The summed E-state index contributed by atoms with van der Waals surface area (Å²) in [6, 6.07) is 0. The van der Waals surface area contributed by atoms with E-state index in [1.54, 1.807) is 12.3 Å². The van der Waals surface area contributed by atoms with Gasteiger partial charge in [-0.3, -0.25) is 9.59 Å². The molecule has 3 N–H and O–H groups in total. The number of thiazole rings is 1. The molecule has 1 aromatic rings. The number of aliphatic hydroxyl groups excluding tert-OH is 1. The molecule has 1 atom stereocenters. The third-order valence-electron chi connectivity index (χ3n) is 2.56. The molecule has 0 aliphatic rings. The van der Waals surface area contributed by atoms with E-state index in [0.717, 1.165) is 0 Å². The highest BCUT2D eigenvalue weighted by molar-refractivity contribution is 7.14. The van der Waals surface area contributed by atoms with E-state index in [-0.39, 0.29) is 24.1 Å². The first-order valence-corrected chi connectivity index (χ1v) is 6.44. The Morgan fingerprint density at radius 2 is 2.22 bits per heavy atom. The van der Waals surface area contributed by atoms with Gasteiger partial charge in [0.2, 0.25) is 5.91 Å². The van der Waals surface area contributed by atoms with Crippen molar-refractivity contribution in [2.75, 3.05) is 11.9 Å². The van der Waals surface area contributed by atoms with E-state index >= 15 is 0 Å². The summed E-state index contributed by atoms with van der Waals surface area (Å²) in [7, 11) is 0. The molecule has 1 aromatic heterocycles. The van der Waals surface area contributed by atoms with Crippen LogP contribution in [0.5, 0.6) is 0 Å². The maximum absolute atomic E-state index is 11.9. The predicted octanol–water partition coefficient (Wildman–Crippen LogP) is 0.992. The largest absolute Gasteiger partial charge is 0.394 e. The molecule has 2 amide bonds. The molecule has 1 heterocycles. The van der Waals surface area contributed by atoms with Gasteiger partial charge in [0.15, 0.2) is 5.13 Å². The predicted molar refractivity (Wildman–Crippen MR) is 69.7 cm³/mol. The second kappa shape index (κ2) is 5.92. The Bertz CT molecular complexity index is 440. The quantitative estimate of drug-likeness (QED) is 0.745. The Morgan fingerprint density at radius 3 is 2.72 bits per heavy atom. The lowest BCUT2D eigenvalue weighted by atomic mass is 10.0. The second-order valence-electron chi connectivity index (χ2n) is 4.25. The van der Waals surface area contributed by atoms with Crippen molar-refractivity contribution in [2.24, 2.45) is 0 Å². The highest BCUT2D eigenvalue weighted by Gasteiger charge is 2.25. The average Bonchev–Trinajstić information content (AvgIpc) is 2.76. The van der Waals surface area contributed by atoms with Crippen LogP contribution in [-0.4, -0.2) is 34.1 Å². The summed E-state index contributed by atoms with van der Waals surface area (Å²) in [5.41, 5.74) is -0.425. The summed E-state index contributed by atoms with van der Waals surface area (Å²) in [4.78, 5) is 26.7. The average molecular weight is 271 g/mol. The minimum atomic E-state index is -0.658. The summed E-state index contributed by atoms with van der Waals surface area (Å²) < 4.78 is 0. The van der Waals surface area contributed by atoms with Crippen molar-refractivity contribution < 1.29 is 14.7 Å². The van der Waals surface area contributed by atoms with E-state index < -0.39 is 5.54 Å². The lowest BCUT2D eigenvalue weighted by molar-refractivity contribution is -0.114. The Kier molecular flexibility index (Phi) is 4.80. The second-order valence-corrected chi connectivity index (χ2v) is 5.10. The molecule has 0 aliphatic carbocycles. The van der Waals surface area contributed by atoms with Gasteiger partial charge in [-0.1, -0.05) is 6.92 Å². The summed E-state index contributed by atoms with van der Waals surface area (Å²) in [5, 5.41) is 16.4. The van der Waals surface area contributed by atoms with Gasteiger partial charge < -0.3 is 15.7 Å². The molecule has 1 unspecified atom stereocenters. The summed E-state index contributed by atoms with van der Waals surface area (Å²) in [5.74, 6) is -0.591. The van der Waals surface area contributed by atoms with Crippen LogP contribution in [0, 0.1) is 0 Å². The molecule has 7 heteroatoms. The first kappa shape index (κ1) is 14.6. The molecule has 100 valence electrons. The van der Waals surface area contributed by atoms with Crippen LogP contribution in [0.25, 0.3) is 0 Å². The van der Waals surface area contributed by atoms with Gasteiger partial charge in [-0.05, 0) is 13.3 Å². The van der Waals surface area contributed by atoms with E-state index in [2.05, 4.69) is 15.6 Å². The molecule has 0 saturated heterocycles. The molecular formula is C11H17N3O3S. The zero-order valence-corrected chi connectivity index (χ0v) is 11.4. The van der Waals surface area contributed by atoms with Crippen LogP contribution in [0.3, 0.4) is 0 Å². The van der Waals surface area contributed by atoms with Gasteiger partial charge in [-0.2, -0.15) is 0 Å². The van der Waals surface area contributed by atoms with E-state index in [4.69, 9.17) is 0 Å². The van der Waals surface area contributed by atoms with E-state index in [9.17, 15) is 14.7 Å². The van der Waals surface area contributed by atoms with Crippen molar-refractivity contribution >= 4 is 28.3 Å². The van der Waals surface area contributed by atoms with Gasteiger partial charge in [-0.15, -0.1) is 11.3 Å². The van der Waals surface area contributed by atoms with Crippen molar-refractivity contribution in [2.45, 2.75) is 32.7 Å². The lowest BCUT2D eigenvalue weighted by Crippen LogP contribution is -2.48. The molecule has 6 nitrogen and oxygen atoms in total. The van der Waals surface area contributed by atoms with Crippen molar-refractivity contribution in [3.05, 3.63) is 11.1 Å². The number of carbonyl (C=O) groups is 2. The monoisotopic (exact) mass is 271 g/mol. The van der Waals surface area contributed by atoms with Crippen LogP contribution < -0.4 is 10.6 Å². The summed E-state index contributed by atoms with van der Waals surface area (Å²) in [6.07, 6.45) is 0.609. The maximum atomic E-state index is 11.9. The van der Waals surface area contributed by atoms with Gasteiger partial charge in [0.05, 0.1) is 12.1 Å². The summed E-state index contributed by atoms with van der Waals surface area (Å²) >= 11 is 1.18. The molecular weight excluding hydrogens is 254 g/mol. The van der Waals surface area contributed by atoms with E-state index in [1.165, 1.54) is 18.3 Å². The van der Waals surface area contributed by atoms with Crippen LogP contribution >= 0.6 is 11.3 Å². The van der Waals surface area contributed by atoms with Gasteiger partial charge in [0.25, 0.3) is 5.91 Å². The third kappa shape index (κ3) is 3.78. The standard InChI is InChI=1S/C11H17N3O3S/c1-4-11(3,6-15)14-9(17)8-5-18-10(13-8)12-7(2)16/h5,15H,4,6H2,1-3H3,(H,14,17)(H,12,13,16). The number of aliphatic hydroxyl groups is 1. The molecule has 18 heavy (non-hydrogen) atoms. The minimum Gasteiger partial charge on any atom is -0.394 e. The first-order valence-electron chi connectivity index (χ1n) is 5.56. The number of anilines is 1. The third-order valence-corrected chi connectivity index (χ3v) is 3.32. The topological polar surface area (TPSA) is 91.3 Å². The number of nitrogens with zero attached hydrogens (tertiary/aromatic N) is 1. The first-order chi connectivity index (χ1) is 8.40. The van der Waals surface area contributed by atoms with Crippen LogP contribution in [0.1, 0.15) is 37.7 Å². The van der Waals surface area contributed by atoms with E-state index in [1.807, 2.05) is 6.92 Å². The molecule has 0 aliphatic heterocycles. The Morgan fingerprint density at radius 1 is 1.56 bits per heavy atom. The SMILES string of the molecule is CCC(C)(CO)NC(=O)c1csc(NC(C)=O)n1. The number of rotatable bonds is 5. The summed E-state index contributed by atoms with van der Waals surface area (Å²) in [6.45, 7) is 4.87.